The molecule has 0 spiro atoms. The highest BCUT2D eigenvalue weighted by molar-refractivity contribution is 5.71. The van der Waals surface area contributed by atoms with Crippen LogP contribution in [0.15, 0.2) is 66.9 Å². The second-order valence-corrected chi connectivity index (χ2v) is 5.19. The Bertz CT molecular complexity index is 751. The SMILES string of the molecule is Cc1cccc(-c2ccnc(Cc3ccccc3)c2O)c1. The molecule has 21 heavy (non-hydrogen) atoms. The van der Waals surface area contributed by atoms with E-state index in [1.165, 1.54) is 5.56 Å². The van der Waals surface area contributed by atoms with E-state index in [1.807, 2.05) is 61.5 Å². The van der Waals surface area contributed by atoms with E-state index in [4.69, 9.17) is 0 Å². The van der Waals surface area contributed by atoms with Crippen molar-refractivity contribution in [3.05, 3.63) is 83.7 Å². The van der Waals surface area contributed by atoms with Gasteiger partial charge in [-0.15, -0.1) is 0 Å². The maximum absolute atomic E-state index is 10.5. The lowest BCUT2D eigenvalue weighted by molar-refractivity contribution is 0.467. The van der Waals surface area contributed by atoms with E-state index in [1.54, 1.807) is 6.20 Å². The molecule has 0 bridgehead atoms. The van der Waals surface area contributed by atoms with Gasteiger partial charge in [0.15, 0.2) is 0 Å². The van der Waals surface area contributed by atoms with Crippen LogP contribution in [0.4, 0.5) is 0 Å². The summed E-state index contributed by atoms with van der Waals surface area (Å²) in [6.07, 6.45) is 2.39. The first-order chi connectivity index (χ1) is 10.2. The average Bonchev–Trinajstić information content (AvgIpc) is 2.50. The molecule has 0 aliphatic heterocycles. The molecule has 104 valence electrons. The zero-order valence-corrected chi connectivity index (χ0v) is 12.0. The van der Waals surface area contributed by atoms with Crippen LogP contribution in [0.1, 0.15) is 16.8 Å². The van der Waals surface area contributed by atoms with E-state index >= 15 is 0 Å². The first kappa shape index (κ1) is 13.4. The minimum absolute atomic E-state index is 0.270. The third-order valence-electron chi connectivity index (χ3n) is 3.54. The van der Waals surface area contributed by atoms with Crippen LogP contribution in [-0.4, -0.2) is 10.1 Å². The van der Waals surface area contributed by atoms with Gasteiger partial charge in [-0.3, -0.25) is 4.98 Å². The molecule has 0 saturated carbocycles. The first-order valence-corrected chi connectivity index (χ1v) is 7.02. The second kappa shape index (κ2) is 5.80. The van der Waals surface area contributed by atoms with Gasteiger partial charge in [0, 0.05) is 18.2 Å². The number of aromatic hydroxyl groups is 1. The van der Waals surface area contributed by atoms with Crippen molar-refractivity contribution in [2.75, 3.05) is 0 Å². The van der Waals surface area contributed by atoms with Crippen molar-refractivity contribution in [1.29, 1.82) is 0 Å². The number of aromatic nitrogens is 1. The summed E-state index contributed by atoms with van der Waals surface area (Å²) in [6, 6.07) is 20.1. The standard InChI is InChI=1S/C19H17NO/c1-14-6-5-9-16(12-14)17-10-11-20-18(19(17)21)13-15-7-3-2-4-8-15/h2-12,21H,13H2,1H3. The third kappa shape index (κ3) is 2.95. The van der Waals surface area contributed by atoms with Gasteiger partial charge in [-0.1, -0.05) is 60.2 Å². The van der Waals surface area contributed by atoms with Crippen molar-refractivity contribution in [1.82, 2.24) is 4.98 Å². The first-order valence-electron chi connectivity index (χ1n) is 7.02. The van der Waals surface area contributed by atoms with Crippen LogP contribution in [0, 0.1) is 6.92 Å². The minimum atomic E-state index is 0.270. The van der Waals surface area contributed by atoms with E-state index in [9.17, 15) is 5.11 Å². The summed E-state index contributed by atoms with van der Waals surface area (Å²) >= 11 is 0. The molecular weight excluding hydrogens is 258 g/mol. The summed E-state index contributed by atoms with van der Waals surface area (Å²) in [4.78, 5) is 4.33. The molecule has 2 aromatic carbocycles. The number of nitrogens with zero attached hydrogens (tertiary/aromatic N) is 1. The van der Waals surface area contributed by atoms with E-state index in [-0.39, 0.29) is 5.75 Å². The highest BCUT2D eigenvalue weighted by Crippen LogP contribution is 2.32. The smallest absolute Gasteiger partial charge is 0.145 e. The number of aryl methyl sites for hydroxylation is 1. The van der Waals surface area contributed by atoms with Crippen molar-refractivity contribution >= 4 is 0 Å². The van der Waals surface area contributed by atoms with Gasteiger partial charge in [0.1, 0.15) is 5.75 Å². The highest BCUT2D eigenvalue weighted by Gasteiger charge is 2.10. The predicted octanol–water partition coefficient (Wildman–Crippen LogP) is 4.35. The molecule has 1 heterocycles. The van der Waals surface area contributed by atoms with E-state index in [2.05, 4.69) is 11.1 Å². The number of hydrogen-bond donors (Lipinski definition) is 1. The summed E-state index contributed by atoms with van der Waals surface area (Å²) in [5, 5.41) is 10.5. The summed E-state index contributed by atoms with van der Waals surface area (Å²) < 4.78 is 0. The fourth-order valence-corrected chi connectivity index (χ4v) is 2.46. The Morgan fingerprint density at radius 3 is 2.52 bits per heavy atom. The molecule has 3 aromatic rings. The van der Waals surface area contributed by atoms with Crippen molar-refractivity contribution in [3.8, 4) is 16.9 Å². The molecule has 0 unspecified atom stereocenters. The molecule has 1 aromatic heterocycles. The molecule has 0 aliphatic rings. The second-order valence-electron chi connectivity index (χ2n) is 5.19. The fraction of sp³-hybridized carbons (Fsp3) is 0.105. The van der Waals surface area contributed by atoms with Crippen LogP contribution in [0.2, 0.25) is 0 Å². The van der Waals surface area contributed by atoms with Crippen LogP contribution >= 0.6 is 0 Å². The third-order valence-corrected chi connectivity index (χ3v) is 3.54. The number of rotatable bonds is 3. The monoisotopic (exact) mass is 275 g/mol. The largest absolute Gasteiger partial charge is 0.505 e. The van der Waals surface area contributed by atoms with E-state index in [0.29, 0.717) is 12.1 Å². The zero-order chi connectivity index (χ0) is 14.7. The Morgan fingerprint density at radius 2 is 1.76 bits per heavy atom. The van der Waals surface area contributed by atoms with Gasteiger partial charge in [0.25, 0.3) is 0 Å². The lowest BCUT2D eigenvalue weighted by atomic mass is 10.0. The van der Waals surface area contributed by atoms with Crippen molar-refractivity contribution in [2.24, 2.45) is 0 Å². The van der Waals surface area contributed by atoms with E-state index in [0.717, 1.165) is 16.7 Å². The molecule has 3 rings (SSSR count). The van der Waals surface area contributed by atoms with Crippen molar-refractivity contribution < 1.29 is 5.11 Å². The molecule has 0 fully saturated rings. The van der Waals surface area contributed by atoms with Gasteiger partial charge in [-0.2, -0.15) is 0 Å². The van der Waals surface area contributed by atoms with Crippen molar-refractivity contribution in [3.63, 3.8) is 0 Å². The minimum Gasteiger partial charge on any atom is -0.505 e. The fourth-order valence-electron chi connectivity index (χ4n) is 2.46. The van der Waals surface area contributed by atoms with E-state index < -0.39 is 0 Å². The zero-order valence-electron chi connectivity index (χ0n) is 12.0. The Kier molecular flexibility index (Phi) is 3.69. The van der Waals surface area contributed by atoms with Gasteiger partial charge in [0.05, 0.1) is 5.69 Å². The lowest BCUT2D eigenvalue weighted by Gasteiger charge is -2.10. The summed E-state index contributed by atoms with van der Waals surface area (Å²) in [6.45, 7) is 2.05. The Labute approximate surface area is 124 Å². The average molecular weight is 275 g/mol. The molecule has 0 atom stereocenters. The summed E-state index contributed by atoms with van der Waals surface area (Å²) in [5.74, 6) is 0.270. The number of benzene rings is 2. The molecule has 2 nitrogen and oxygen atoms in total. The van der Waals surface area contributed by atoms with Crippen LogP contribution in [0.3, 0.4) is 0 Å². The Morgan fingerprint density at radius 1 is 0.952 bits per heavy atom. The molecule has 0 radical (unpaired) electrons. The van der Waals surface area contributed by atoms with Gasteiger partial charge in [-0.05, 0) is 24.1 Å². The Hall–Kier alpha value is -2.61. The van der Waals surface area contributed by atoms with Crippen LogP contribution < -0.4 is 0 Å². The van der Waals surface area contributed by atoms with Gasteiger partial charge in [0.2, 0.25) is 0 Å². The molecule has 0 aliphatic carbocycles. The molecule has 1 N–H and O–H groups in total. The maximum atomic E-state index is 10.5. The van der Waals surface area contributed by atoms with Gasteiger partial charge in [-0.25, -0.2) is 0 Å². The molecule has 2 heteroatoms. The summed E-state index contributed by atoms with van der Waals surface area (Å²) in [7, 11) is 0. The Balaban J connectivity index is 1.99. The topological polar surface area (TPSA) is 33.1 Å². The van der Waals surface area contributed by atoms with Crippen LogP contribution in [0.25, 0.3) is 11.1 Å². The highest BCUT2D eigenvalue weighted by atomic mass is 16.3. The maximum Gasteiger partial charge on any atom is 0.145 e. The van der Waals surface area contributed by atoms with Crippen LogP contribution in [0.5, 0.6) is 5.75 Å². The number of pyridine rings is 1. The quantitative estimate of drug-likeness (QED) is 0.770. The number of hydrogen-bond acceptors (Lipinski definition) is 2. The van der Waals surface area contributed by atoms with Crippen molar-refractivity contribution in [2.45, 2.75) is 13.3 Å². The summed E-state index contributed by atoms with van der Waals surface area (Å²) in [5.41, 5.74) is 4.87. The molecular formula is C19H17NO. The predicted molar refractivity (Wildman–Crippen MR) is 85.3 cm³/mol. The molecule has 0 saturated heterocycles. The lowest BCUT2D eigenvalue weighted by Crippen LogP contribution is -1.94. The van der Waals surface area contributed by atoms with Gasteiger partial charge >= 0.3 is 0 Å². The van der Waals surface area contributed by atoms with Gasteiger partial charge < -0.3 is 5.11 Å². The molecule has 0 amide bonds. The normalized spacial score (nSPS) is 10.5. The van der Waals surface area contributed by atoms with Crippen LogP contribution in [-0.2, 0) is 6.42 Å².